The van der Waals surface area contributed by atoms with Gasteiger partial charge in [0.1, 0.15) is 0 Å². The zero-order chi connectivity index (χ0) is 19.7. The normalized spacial score (nSPS) is 17.5. The summed E-state index contributed by atoms with van der Waals surface area (Å²) in [7, 11) is -1.67. The fourth-order valence-electron chi connectivity index (χ4n) is 3.15. The van der Waals surface area contributed by atoms with Crippen LogP contribution in [0.1, 0.15) is 10.4 Å². The molecule has 0 bridgehead atoms. The lowest BCUT2D eigenvalue weighted by Gasteiger charge is -2.31. The standard InChI is InChI=1S/C19H21N3O5S/c1-21-7-9-22(10-8-21)28(24,25)16-4-2-3-14(11-16)19(23)20-15-5-6-17-18(12-15)27-13-26-17/h2-6,11-12H,7-10,13H2,1H3,(H,20,23). The maximum Gasteiger partial charge on any atom is 0.255 e. The Hall–Kier alpha value is -2.62. The Balaban J connectivity index is 1.52. The van der Waals surface area contributed by atoms with Crippen molar-refractivity contribution in [1.82, 2.24) is 9.21 Å². The number of amides is 1. The summed E-state index contributed by atoms with van der Waals surface area (Å²) in [6.07, 6.45) is 0. The van der Waals surface area contributed by atoms with Crippen molar-refractivity contribution >= 4 is 21.6 Å². The number of likely N-dealkylation sites (N-methyl/N-ethyl adjacent to an activating group) is 1. The van der Waals surface area contributed by atoms with Crippen molar-refractivity contribution < 1.29 is 22.7 Å². The van der Waals surface area contributed by atoms with E-state index in [2.05, 4.69) is 10.2 Å². The van der Waals surface area contributed by atoms with Crippen LogP contribution in [0.25, 0.3) is 0 Å². The van der Waals surface area contributed by atoms with E-state index < -0.39 is 15.9 Å². The lowest BCUT2D eigenvalue weighted by Crippen LogP contribution is -2.47. The van der Waals surface area contributed by atoms with Crippen LogP contribution in [0.4, 0.5) is 5.69 Å². The molecular weight excluding hydrogens is 382 g/mol. The minimum atomic E-state index is -3.63. The monoisotopic (exact) mass is 403 g/mol. The van der Waals surface area contributed by atoms with E-state index in [4.69, 9.17) is 9.47 Å². The van der Waals surface area contributed by atoms with E-state index in [0.29, 0.717) is 43.4 Å². The minimum absolute atomic E-state index is 0.121. The molecule has 1 amide bonds. The third-order valence-electron chi connectivity index (χ3n) is 4.83. The maximum absolute atomic E-state index is 12.9. The molecule has 0 aliphatic carbocycles. The number of carbonyl (C=O) groups is 1. The molecule has 0 spiro atoms. The Morgan fingerprint density at radius 1 is 1.00 bits per heavy atom. The summed E-state index contributed by atoms with van der Waals surface area (Å²) < 4.78 is 37.8. The van der Waals surface area contributed by atoms with Crippen LogP contribution < -0.4 is 14.8 Å². The van der Waals surface area contributed by atoms with Gasteiger partial charge in [-0.2, -0.15) is 4.31 Å². The quantitative estimate of drug-likeness (QED) is 0.834. The average molecular weight is 403 g/mol. The molecule has 1 N–H and O–H groups in total. The van der Waals surface area contributed by atoms with Crippen LogP contribution in [0, 0.1) is 0 Å². The van der Waals surface area contributed by atoms with Gasteiger partial charge in [0.05, 0.1) is 4.90 Å². The molecule has 0 aromatic heterocycles. The van der Waals surface area contributed by atoms with Crippen LogP contribution in [0.3, 0.4) is 0 Å². The van der Waals surface area contributed by atoms with Crippen molar-refractivity contribution in [3.63, 3.8) is 0 Å². The van der Waals surface area contributed by atoms with Gasteiger partial charge in [0.15, 0.2) is 11.5 Å². The molecule has 0 atom stereocenters. The van der Waals surface area contributed by atoms with Crippen molar-refractivity contribution in [3.8, 4) is 11.5 Å². The van der Waals surface area contributed by atoms with E-state index in [-0.39, 0.29) is 17.3 Å². The minimum Gasteiger partial charge on any atom is -0.454 e. The number of hydrogen-bond acceptors (Lipinski definition) is 6. The molecule has 2 aromatic rings. The lowest BCUT2D eigenvalue weighted by atomic mass is 10.2. The highest BCUT2D eigenvalue weighted by Crippen LogP contribution is 2.34. The number of anilines is 1. The van der Waals surface area contributed by atoms with Crippen molar-refractivity contribution in [2.24, 2.45) is 0 Å². The Morgan fingerprint density at radius 3 is 2.54 bits per heavy atom. The molecule has 8 nitrogen and oxygen atoms in total. The van der Waals surface area contributed by atoms with Crippen LogP contribution in [0.15, 0.2) is 47.4 Å². The van der Waals surface area contributed by atoms with Gasteiger partial charge >= 0.3 is 0 Å². The van der Waals surface area contributed by atoms with Crippen molar-refractivity contribution in [2.75, 3.05) is 45.3 Å². The molecule has 2 aliphatic heterocycles. The highest BCUT2D eigenvalue weighted by Gasteiger charge is 2.28. The number of sulfonamides is 1. The number of carbonyl (C=O) groups excluding carboxylic acids is 1. The second-order valence-corrected chi connectivity index (χ2v) is 8.70. The molecule has 0 saturated carbocycles. The van der Waals surface area contributed by atoms with Gasteiger partial charge < -0.3 is 19.7 Å². The Kier molecular flexibility index (Phi) is 4.96. The van der Waals surface area contributed by atoms with Gasteiger partial charge in [0.25, 0.3) is 5.91 Å². The van der Waals surface area contributed by atoms with E-state index in [9.17, 15) is 13.2 Å². The molecule has 148 valence electrons. The number of nitrogens with one attached hydrogen (secondary N) is 1. The summed E-state index contributed by atoms with van der Waals surface area (Å²) in [6, 6.07) is 11.2. The lowest BCUT2D eigenvalue weighted by molar-refractivity contribution is 0.102. The molecule has 2 heterocycles. The molecule has 4 rings (SSSR count). The smallest absolute Gasteiger partial charge is 0.255 e. The van der Waals surface area contributed by atoms with Gasteiger partial charge in [-0.05, 0) is 37.4 Å². The van der Waals surface area contributed by atoms with Crippen LogP contribution in [-0.2, 0) is 10.0 Å². The number of hydrogen-bond donors (Lipinski definition) is 1. The highest BCUT2D eigenvalue weighted by molar-refractivity contribution is 7.89. The SMILES string of the molecule is CN1CCN(S(=O)(=O)c2cccc(C(=O)Nc3ccc4c(c3)OCO4)c2)CC1. The first-order valence-corrected chi connectivity index (χ1v) is 10.4. The number of nitrogens with zero attached hydrogens (tertiary/aromatic N) is 2. The van der Waals surface area contributed by atoms with Gasteiger partial charge in [-0.15, -0.1) is 0 Å². The molecule has 0 unspecified atom stereocenters. The van der Waals surface area contributed by atoms with E-state index in [0.717, 1.165) is 0 Å². The summed E-state index contributed by atoms with van der Waals surface area (Å²) in [5.41, 5.74) is 0.814. The summed E-state index contributed by atoms with van der Waals surface area (Å²) >= 11 is 0. The molecular formula is C19H21N3O5S. The van der Waals surface area contributed by atoms with Crippen molar-refractivity contribution in [1.29, 1.82) is 0 Å². The number of piperazine rings is 1. The van der Waals surface area contributed by atoms with Crippen LogP contribution in [0.5, 0.6) is 11.5 Å². The molecule has 2 aliphatic rings. The predicted octanol–water partition coefficient (Wildman–Crippen LogP) is 1.60. The van der Waals surface area contributed by atoms with Gasteiger partial charge in [-0.1, -0.05) is 6.07 Å². The molecule has 0 radical (unpaired) electrons. The van der Waals surface area contributed by atoms with Gasteiger partial charge in [0, 0.05) is 43.5 Å². The van der Waals surface area contributed by atoms with E-state index in [1.165, 1.54) is 16.4 Å². The van der Waals surface area contributed by atoms with E-state index >= 15 is 0 Å². The van der Waals surface area contributed by atoms with Crippen molar-refractivity contribution in [2.45, 2.75) is 4.90 Å². The Morgan fingerprint density at radius 2 is 1.75 bits per heavy atom. The fourth-order valence-corrected chi connectivity index (χ4v) is 4.62. The van der Waals surface area contributed by atoms with E-state index in [1.807, 2.05) is 7.05 Å². The molecule has 1 fully saturated rings. The fraction of sp³-hybridized carbons (Fsp3) is 0.316. The zero-order valence-electron chi connectivity index (χ0n) is 15.4. The second-order valence-electron chi connectivity index (χ2n) is 6.76. The first-order valence-electron chi connectivity index (χ1n) is 8.93. The predicted molar refractivity (Wildman–Crippen MR) is 103 cm³/mol. The summed E-state index contributed by atoms with van der Waals surface area (Å²) in [5, 5.41) is 2.76. The second kappa shape index (κ2) is 7.42. The summed E-state index contributed by atoms with van der Waals surface area (Å²) in [4.78, 5) is 14.8. The van der Waals surface area contributed by atoms with Gasteiger partial charge in [0.2, 0.25) is 16.8 Å². The number of benzene rings is 2. The van der Waals surface area contributed by atoms with Crippen LogP contribution >= 0.6 is 0 Å². The van der Waals surface area contributed by atoms with Crippen LogP contribution in [0.2, 0.25) is 0 Å². The van der Waals surface area contributed by atoms with Gasteiger partial charge in [-0.3, -0.25) is 4.79 Å². The van der Waals surface area contributed by atoms with Crippen LogP contribution in [-0.4, -0.2) is 63.5 Å². The third-order valence-corrected chi connectivity index (χ3v) is 6.72. The Labute approximate surface area is 163 Å². The number of ether oxygens (including phenoxy) is 2. The topological polar surface area (TPSA) is 88.2 Å². The molecule has 9 heteroatoms. The number of rotatable bonds is 4. The summed E-state index contributed by atoms with van der Waals surface area (Å²) in [5.74, 6) is 0.789. The molecule has 2 aromatic carbocycles. The molecule has 1 saturated heterocycles. The first kappa shape index (κ1) is 18.7. The van der Waals surface area contributed by atoms with Crippen molar-refractivity contribution in [3.05, 3.63) is 48.0 Å². The number of fused-ring (bicyclic) bond motifs is 1. The summed E-state index contributed by atoms with van der Waals surface area (Å²) in [6.45, 7) is 2.39. The third kappa shape index (κ3) is 3.68. The highest BCUT2D eigenvalue weighted by atomic mass is 32.2. The average Bonchev–Trinajstić information content (AvgIpc) is 3.16. The zero-order valence-corrected chi connectivity index (χ0v) is 16.2. The largest absolute Gasteiger partial charge is 0.454 e. The molecule has 28 heavy (non-hydrogen) atoms. The Bertz CT molecular complexity index is 1000. The maximum atomic E-state index is 12.9. The first-order chi connectivity index (χ1) is 13.4. The van der Waals surface area contributed by atoms with Gasteiger partial charge in [-0.25, -0.2) is 8.42 Å². The van der Waals surface area contributed by atoms with E-state index in [1.54, 1.807) is 30.3 Å².